The zero-order valence-corrected chi connectivity index (χ0v) is 12.6. The molecular weight excluding hydrogens is 276 g/mol. The second kappa shape index (κ2) is 8.50. The molecule has 110 valence electrons. The number of para-hydroxylation sites is 1. The van der Waals surface area contributed by atoms with Crippen LogP contribution in [0.5, 0.6) is 5.75 Å². The number of methoxy groups -OCH3 is 1. The fourth-order valence-corrected chi connectivity index (χ4v) is 1.89. The second-order valence-corrected chi connectivity index (χ2v) is 4.54. The van der Waals surface area contributed by atoms with Gasteiger partial charge < -0.3 is 20.5 Å². The summed E-state index contributed by atoms with van der Waals surface area (Å²) in [6.45, 7) is 3.14. The van der Waals surface area contributed by atoms with Crippen LogP contribution in [-0.4, -0.2) is 31.2 Å². The van der Waals surface area contributed by atoms with Gasteiger partial charge in [0.1, 0.15) is 10.7 Å². The zero-order valence-electron chi connectivity index (χ0n) is 11.8. The highest BCUT2D eigenvalue weighted by molar-refractivity contribution is 7.80. The molecule has 0 spiro atoms. The summed E-state index contributed by atoms with van der Waals surface area (Å²) in [6.07, 6.45) is 1.03. The number of thiocarbonyl (C=S) groups is 1. The molecule has 0 radical (unpaired) electrons. The molecule has 1 aromatic carbocycles. The Bertz CT molecular complexity index is 477. The summed E-state index contributed by atoms with van der Waals surface area (Å²) >= 11 is 4.98. The highest BCUT2D eigenvalue weighted by atomic mass is 32.1. The Morgan fingerprint density at radius 2 is 2.20 bits per heavy atom. The molecule has 6 heteroatoms. The van der Waals surface area contributed by atoms with Crippen LogP contribution in [-0.2, 0) is 9.53 Å². The van der Waals surface area contributed by atoms with E-state index in [2.05, 4.69) is 5.32 Å². The number of benzene rings is 1. The summed E-state index contributed by atoms with van der Waals surface area (Å²) in [7, 11) is 1.53. The number of nitrogens with two attached hydrogens (primary N) is 1. The van der Waals surface area contributed by atoms with Crippen LogP contribution in [0.1, 0.15) is 25.3 Å². The van der Waals surface area contributed by atoms with E-state index < -0.39 is 0 Å². The molecule has 5 nitrogen and oxygen atoms in total. The fraction of sp³-hybridized carbons (Fsp3) is 0.429. The van der Waals surface area contributed by atoms with Gasteiger partial charge in [-0.25, -0.2) is 0 Å². The Morgan fingerprint density at radius 1 is 1.45 bits per heavy atom. The average Bonchev–Trinajstić information content (AvgIpc) is 2.43. The third kappa shape index (κ3) is 4.79. The number of anilines is 1. The quantitative estimate of drug-likeness (QED) is 0.567. The van der Waals surface area contributed by atoms with Gasteiger partial charge in [-0.3, -0.25) is 4.79 Å². The van der Waals surface area contributed by atoms with Gasteiger partial charge in [0.05, 0.1) is 12.8 Å². The van der Waals surface area contributed by atoms with Crippen molar-refractivity contribution in [3.63, 3.8) is 0 Å². The first-order valence-corrected chi connectivity index (χ1v) is 6.85. The number of nitrogens with one attached hydrogen (secondary N) is 1. The number of rotatable bonds is 8. The molecule has 1 amide bonds. The molecule has 0 aromatic heterocycles. The van der Waals surface area contributed by atoms with Crippen molar-refractivity contribution in [3.8, 4) is 5.75 Å². The highest BCUT2D eigenvalue weighted by Crippen LogP contribution is 2.28. The van der Waals surface area contributed by atoms with E-state index in [1.807, 2.05) is 6.92 Å². The minimum Gasteiger partial charge on any atom is -0.495 e. The molecule has 0 saturated carbocycles. The Morgan fingerprint density at radius 3 is 2.80 bits per heavy atom. The average molecular weight is 296 g/mol. The summed E-state index contributed by atoms with van der Waals surface area (Å²) in [6, 6.07) is 5.27. The molecule has 1 aromatic rings. The first-order chi connectivity index (χ1) is 9.60. The summed E-state index contributed by atoms with van der Waals surface area (Å²) in [5.74, 6) is 0.417. The topological polar surface area (TPSA) is 73.6 Å². The predicted octanol–water partition coefficient (Wildman–Crippen LogP) is 2.08. The number of ether oxygens (including phenoxy) is 2. The minimum absolute atomic E-state index is 0.119. The molecule has 0 aliphatic rings. The van der Waals surface area contributed by atoms with Crippen LogP contribution in [0.25, 0.3) is 0 Å². The van der Waals surface area contributed by atoms with Gasteiger partial charge in [0.25, 0.3) is 0 Å². The van der Waals surface area contributed by atoms with E-state index in [0.717, 1.165) is 0 Å². The smallest absolute Gasteiger partial charge is 0.224 e. The maximum absolute atomic E-state index is 11.9. The summed E-state index contributed by atoms with van der Waals surface area (Å²) in [4.78, 5) is 12.1. The molecule has 0 aliphatic carbocycles. The largest absolute Gasteiger partial charge is 0.495 e. The van der Waals surface area contributed by atoms with E-state index in [1.165, 1.54) is 7.11 Å². The van der Waals surface area contributed by atoms with Gasteiger partial charge in [-0.05, 0) is 25.5 Å². The van der Waals surface area contributed by atoms with Crippen molar-refractivity contribution in [2.24, 2.45) is 5.73 Å². The third-order valence-corrected chi connectivity index (χ3v) is 2.89. The molecule has 0 aliphatic heterocycles. The molecule has 0 saturated heterocycles. The van der Waals surface area contributed by atoms with Crippen LogP contribution in [0.3, 0.4) is 0 Å². The number of hydrogen-bond donors (Lipinski definition) is 2. The molecular formula is C14H20N2O3S. The molecule has 1 rings (SSSR count). The standard InChI is InChI=1S/C14H20N2O3S/c1-3-19-9-5-8-12(17)16-13-10(14(15)20)6-4-7-11(13)18-2/h4,6-7H,3,5,8-9H2,1-2H3,(H2,15,20)(H,16,17). The number of amides is 1. The van der Waals surface area contributed by atoms with Gasteiger partial charge in [0.15, 0.2) is 0 Å². The van der Waals surface area contributed by atoms with Crippen LogP contribution >= 0.6 is 12.2 Å². The molecule has 0 unspecified atom stereocenters. The van der Waals surface area contributed by atoms with Gasteiger partial charge in [-0.15, -0.1) is 0 Å². The van der Waals surface area contributed by atoms with E-state index in [0.29, 0.717) is 43.1 Å². The molecule has 0 fully saturated rings. The van der Waals surface area contributed by atoms with Gasteiger partial charge in [0, 0.05) is 25.2 Å². The number of carbonyl (C=O) groups excluding carboxylic acids is 1. The lowest BCUT2D eigenvalue weighted by Crippen LogP contribution is -2.18. The van der Waals surface area contributed by atoms with Crippen molar-refractivity contribution < 1.29 is 14.3 Å². The van der Waals surface area contributed by atoms with Crippen LogP contribution in [0, 0.1) is 0 Å². The van der Waals surface area contributed by atoms with Crippen molar-refractivity contribution in [1.82, 2.24) is 0 Å². The zero-order chi connectivity index (χ0) is 15.0. The van der Waals surface area contributed by atoms with E-state index in [-0.39, 0.29) is 10.9 Å². The molecule has 0 heterocycles. The maximum atomic E-state index is 11.9. The van der Waals surface area contributed by atoms with E-state index >= 15 is 0 Å². The summed E-state index contributed by atoms with van der Waals surface area (Å²) in [5, 5.41) is 2.80. The molecule has 0 bridgehead atoms. The van der Waals surface area contributed by atoms with E-state index in [9.17, 15) is 4.79 Å². The molecule has 20 heavy (non-hydrogen) atoms. The monoisotopic (exact) mass is 296 g/mol. The third-order valence-electron chi connectivity index (χ3n) is 2.67. The Hall–Kier alpha value is -1.66. The van der Waals surface area contributed by atoms with Crippen molar-refractivity contribution in [3.05, 3.63) is 23.8 Å². The summed E-state index contributed by atoms with van der Waals surface area (Å²) in [5.41, 5.74) is 6.77. The first kappa shape index (κ1) is 16.4. The van der Waals surface area contributed by atoms with Crippen molar-refractivity contribution in [2.75, 3.05) is 25.6 Å². The van der Waals surface area contributed by atoms with Gasteiger partial charge in [-0.2, -0.15) is 0 Å². The van der Waals surface area contributed by atoms with Gasteiger partial charge >= 0.3 is 0 Å². The van der Waals surface area contributed by atoms with Crippen LogP contribution in [0.2, 0.25) is 0 Å². The van der Waals surface area contributed by atoms with Gasteiger partial charge in [0.2, 0.25) is 5.91 Å². The van der Waals surface area contributed by atoms with E-state index in [4.69, 9.17) is 27.4 Å². The van der Waals surface area contributed by atoms with Crippen LogP contribution in [0.15, 0.2) is 18.2 Å². The normalized spacial score (nSPS) is 10.1. The van der Waals surface area contributed by atoms with Crippen LogP contribution < -0.4 is 15.8 Å². The molecule has 0 atom stereocenters. The van der Waals surface area contributed by atoms with Crippen molar-refractivity contribution in [1.29, 1.82) is 0 Å². The Labute approximate surface area is 124 Å². The first-order valence-electron chi connectivity index (χ1n) is 6.44. The lowest BCUT2D eigenvalue weighted by Gasteiger charge is -2.14. The highest BCUT2D eigenvalue weighted by Gasteiger charge is 2.13. The van der Waals surface area contributed by atoms with E-state index in [1.54, 1.807) is 18.2 Å². The number of carbonyl (C=O) groups is 1. The lowest BCUT2D eigenvalue weighted by molar-refractivity contribution is -0.116. The predicted molar refractivity (Wildman–Crippen MR) is 83.2 cm³/mol. The SMILES string of the molecule is CCOCCCC(=O)Nc1c(OC)cccc1C(N)=S. The summed E-state index contributed by atoms with van der Waals surface area (Å²) < 4.78 is 10.4. The minimum atomic E-state index is -0.119. The second-order valence-electron chi connectivity index (χ2n) is 4.10. The van der Waals surface area contributed by atoms with Crippen molar-refractivity contribution in [2.45, 2.75) is 19.8 Å². The maximum Gasteiger partial charge on any atom is 0.224 e. The Kier molecular flexibility index (Phi) is 6.97. The number of hydrogen-bond acceptors (Lipinski definition) is 4. The van der Waals surface area contributed by atoms with Gasteiger partial charge in [-0.1, -0.05) is 18.3 Å². The lowest BCUT2D eigenvalue weighted by atomic mass is 10.1. The molecule has 3 N–H and O–H groups in total. The van der Waals surface area contributed by atoms with Crippen LogP contribution in [0.4, 0.5) is 5.69 Å². The van der Waals surface area contributed by atoms with Crippen molar-refractivity contribution >= 4 is 28.8 Å². The Balaban J connectivity index is 2.74. The fourth-order valence-electron chi connectivity index (χ4n) is 1.72.